The van der Waals surface area contributed by atoms with Crippen LogP contribution >= 0.6 is 22.6 Å². The van der Waals surface area contributed by atoms with Crippen molar-refractivity contribution < 1.29 is 27.4 Å². The summed E-state index contributed by atoms with van der Waals surface area (Å²) in [7, 11) is -2.60. The van der Waals surface area contributed by atoms with Gasteiger partial charge in [0.25, 0.3) is 10.0 Å². The average Bonchev–Trinajstić information content (AvgIpc) is 2.83. The van der Waals surface area contributed by atoms with E-state index in [2.05, 4.69) is 29.5 Å². The van der Waals surface area contributed by atoms with Gasteiger partial charge in [0.1, 0.15) is 11.3 Å². The van der Waals surface area contributed by atoms with Crippen LogP contribution < -0.4 is 9.04 Å². The van der Waals surface area contributed by atoms with Crippen LogP contribution in [0.1, 0.15) is 48.0 Å². The van der Waals surface area contributed by atoms with E-state index in [4.69, 9.17) is 14.2 Å². The van der Waals surface area contributed by atoms with Crippen molar-refractivity contribution in [2.45, 2.75) is 37.0 Å². The molecule has 33 heavy (non-hydrogen) atoms. The minimum atomic E-state index is -3.88. The van der Waals surface area contributed by atoms with Gasteiger partial charge < -0.3 is 14.2 Å². The van der Waals surface area contributed by atoms with Gasteiger partial charge in [-0.15, -0.1) is 0 Å². The van der Waals surface area contributed by atoms with E-state index in [1.54, 1.807) is 6.07 Å². The molecule has 0 aliphatic carbocycles. The van der Waals surface area contributed by atoms with Crippen molar-refractivity contribution in [3.63, 3.8) is 0 Å². The first-order valence-electron chi connectivity index (χ1n) is 11.1. The molecule has 2 aromatic rings. The van der Waals surface area contributed by atoms with Crippen molar-refractivity contribution in [1.29, 1.82) is 0 Å². The normalized spacial score (nSPS) is 19.1. The van der Waals surface area contributed by atoms with Crippen LogP contribution in [0.5, 0.6) is 5.75 Å². The predicted octanol–water partition coefficient (Wildman–Crippen LogP) is 4.59. The molecule has 2 aromatic carbocycles. The Morgan fingerprint density at radius 2 is 1.91 bits per heavy atom. The molecular formula is C24H28INO6S. The maximum Gasteiger partial charge on any atom is 0.341 e. The largest absolute Gasteiger partial charge is 0.492 e. The molecule has 9 heteroatoms. The molecule has 0 aromatic heterocycles. The molecule has 7 nitrogen and oxygen atoms in total. The van der Waals surface area contributed by atoms with E-state index in [1.807, 2.05) is 18.2 Å². The van der Waals surface area contributed by atoms with Gasteiger partial charge in [0.2, 0.25) is 0 Å². The topological polar surface area (TPSA) is 82.1 Å². The summed E-state index contributed by atoms with van der Waals surface area (Å²) in [6.45, 7) is 4.33. The Kier molecular flexibility index (Phi) is 7.49. The standard InChI is InChI=1S/C24H28INO6S/c1-16-7-10-26(22-5-3-18(25)13-20(16)22)33(28,29)19-4-6-23(21(14-19)24(27)30-2)32-15-17-8-11-31-12-9-17/h3-6,13-14,16-17H,7-12,15H2,1-2H3. The molecular weight excluding hydrogens is 557 g/mol. The average molecular weight is 585 g/mol. The molecule has 0 spiro atoms. The van der Waals surface area contributed by atoms with Gasteiger partial charge in [-0.05, 0) is 95.7 Å². The van der Waals surface area contributed by atoms with E-state index in [0.717, 1.165) is 28.4 Å². The molecule has 0 bridgehead atoms. The maximum atomic E-state index is 13.6. The van der Waals surface area contributed by atoms with Crippen LogP contribution in [-0.2, 0) is 19.5 Å². The molecule has 0 N–H and O–H groups in total. The number of nitrogens with zero attached hydrogens (tertiary/aromatic N) is 1. The lowest BCUT2D eigenvalue weighted by molar-refractivity contribution is 0.0483. The summed E-state index contributed by atoms with van der Waals surface area (Å²) >= 11 is 2.24. The number of anilines is 1. The van der Waals surface area contributed by atoms with E-state index in [-0.39, 0.29) is 16.4 Å². The zero-order valence-electron chi connectivity index (χ0n) is 18.8. The predicted molar refractivity (Wildman–Crippen MR) is 134 cm³/mol. The van der Waals surface area contributed by atoms with Gasteiger partial charge in [0.05, 0.1) is 24.3 Å². The smallest absolute Gasteiger partial charge is 0.341 e. The molecule has 0 amide bonds. The van der Waals surface area contributed by atoms with Crippen molar-refractivity contribution in [2.24, 2.45) is 5.92 Å². The maximum absolute atomic E-state index is 13.6. The van der Waals surface area contributed by atoms with Gasteiger partial charge in [0, 0.05) is 23.3 Å². The molecule has 1 fully saturated rings. The van der Waals surface area contributed by atoms with Gasteiger partial charge >= 0.3 is 5.97 Å². The Bertz CT molecular complexity index is 1130. The van der Waals surface area contributed by atoms with Crippen molar-refractivity contribution in [3.8, 4) is 5.75 Å². The summed E-state index contributed by atoms with van der Waals surface area (Å²) in [5.41, 5.74) is 1.81. The number of fused-ring (bicyclic) bond motifs is 1. The Labute approximate surface area is 208 Å². The molecule has 1 unspecified atom stereocenters. The van der Waals surface area contributed by atoms with E-state index in [1.165, 1.54) is 23.5 Å². The van der Waals surface area contributed by atoms with Crippen LogP contribution in [0.25, 0.3) is 0 Å². The van der Waals surface area contributed by atoms with E-state index >= 15 is 0 Å². The highest BCUT2D eigenvalue weighted by atomic mass is 127. The third-order valence-corrected chi connectivity index (χ3v) is 8.79. The number of esters is 1. The van der Waals surface area contributed by atoms with Crippen molar-refractivity contribution in [3.05, 3.63) is 51.1 Å². The first-order valence-corrected chi connectivity index (χ1v) is 13.6. The number of carbonyl (C=O) groups is 1. The number of methoxy groups -OCH3 is 1. The third-order valence-electron chi connectivity index (χ3n) is 6.31. The lowest BCUT2D eigenvalue weighted by Crippen LogP contribution is -2.36. The second-order valence-corrected chi connectivity index (χ2v) is 11.6. The van der Waals surface area contributed by atoms with Crippen LogP contribution in [0.4, 0.5) is 5.69 Å². The fraction of sp³-hybridized carbons (Fsp3) is 0.458. The Morgan fingerprint density at radius 3 is 2.64 bits per heavy atom. The number of rotatable bonds is 6. The molecule has 2 aliphatic rings. The minimum absolute atomic E-state index is 0.0420. The van der Waals surface area contributed by atoms with Crippen LogP contribution in [0, 0.1) is 9.49 Å². The fourth-order valence-electron chi connectivity index (χ4n) is 4.30. The number of sulfonamides is 1. The molecule has 2 aliphatic heterocycles. The second-order valence-electron chi connectivity index (χ2n) is 8.49. The summed E-state index contributed by atoms with van der Waals surface area (Å²) < 4.78 is 46.0. The van der Waals surface area contributed by atoms with Crippen molar-refractivity contribution in [2.75, 3.05) is 37.8 Å². The first kappa shape index (κ1) is 24.3. The summed E-state index contributed by atoms with van der Waals surface area (Å²) in [5.74, 6) is 0.306. The number of carbonyl (C=O) groups excluding carboxylic acids is 1. The molecule has 178 valence electrons. The minimum Gasteiger partial charge on any atom is -0.492 e. The Balaban J connectivity index is 1.65. The summed E-state index contributed by atoms with van der Waals surface area (Å²) in [6, 6.07) is 10.2. The van der Waals surface area contributed by atoms with Crippen LogP contribution in [0.3, 0.4) is 0 Å². The summed E-state index contributed by atoms with van der Waals surface area (Å²) in [6.07, 6.45) is 2.51. The number of halogens is 1. The monoisotopic (exact) mass is 585 g/mol. The van der Waals surface area contributed by atoms with Gasteiger partial charge in [0.15, 0.2) is 0 Å². The van der Waals surface area contributed by atoms with Crippen LogP contribution in [-0.4, -0.2) is 47.9 Å². The number of hydrogen-bond donors (Lipinski definition) is 0. The molecule has 0 saturated carbocycles. The first-order chi connectivity index (χ1) is 15.8. The van der Waals surface area contributed by atoms with Crippen molar-refractivity contribution >= 4 is 44.3 Å². The highest BCUT2D eigenvalue weighted by Gasteiger charge is 2.33. The Hall–Kier alpha value is -1.85. The SMILES string of the molecule is COC(=O)c1cc(S(=O)(=O)N2CCC(C)c3cc(I)ccc32)ccc1OCC1CCOCC1. The molecule has 4 rings (SSSR count). The zero-order valence-corrected chi connectivity index (χ0v) is 21.7. The van der Waals surface area contributed by atoms with Crippen LogP contribution in [0.15, 0.2) is 41.3 Å². The Morgan fingerprint density at radius 1 is 1.15 bits per heavy atom. The third kappa shape index (κ3) is 5.14. The molecule has 1 saturated heterocycles. The van der Waals surface area contributed by atoms with Crippen LogP contribution in [0.2, 0.25) is 0 Å². The van der Waals surface area contributed by atoms with E-state index < -0.39 is 16.0 Å². The fourth-order valence-corrected chi connectivity index (χ4v) is 6.34. The number of hydrogen-bond acceptors (Lipinski definition) is 6. The lowest BCUT2D eigenvalue weighted by Gasteiger charge is -2.34. The molecule has 0 radical (unpaired) electrons. The zero-order chi connectivity index (χ0) is 23.6. The van der Waals surface area contributed by atoms with Gasteiger partial charge in [-0.25, -0.2) is 13.2 Å². The number of ether oxygens (including phenoxy) is 3. The van der Waals surface area contributed by atoms with Crippen molar-refractivity contribution in [1.82, 2.24) is 0 Å². The van der Waals surface area contributed by atoms with Gasteiger partial charge in [-0.3, -0.25) is 4.31 Å². The highest BCUT2D eigenvalue weighted by molar-refractivity contribution is 14.1. The highest BCUT2D eigenvalue weighted by Crippen LogP contribution is 2.39. The van der Waals surface area contributed by atoms with E-state index in [9.17, 15) is 13.2 Å². The van der Waals surface area contributed by atoms with Gasteiger partial charge in [-0.2, -0.15) is 0 Å². The number of benzene rings is 2. The second kappa shape index (κ2) is 10.2. The quantitative estimate of drug-likeness (QED) is 0.365. The lowest BCUT2D eigenvalue weighted by atomic mass is 9.93. The molecule has 1 atom stereocenters. The summed E-state index contributed by atoms with van der Waals surface area (Å²) in [4.78, 5) is 12.5. The molecule has 2 heterocycles. The van der Waals surface area contributed by atoms with Gasteiger partial charge in [-0.1, -0.05) is 6.92 Å². The van der Waals surface area contributed by atoms with E-state index in [0.29, 0.717) is 43.7 Å². The summed E-state index contributed by atoms with van der Waals surface area (Å²) in [5, 5.41) is 0.